The Hall–Kier alpha value is -2.50. The summed E-state index contributed by atoms with van der Waals surface area (Å²) >= 11 is 0. The van der Waals surface area contributed by atoms with Crippen LogP contribution in [-0.2, 0) is 4.74 Å². The van der Waals surface area contributed by atoms with E-state index < -0.39 is 6.09 Å². The second-order valence-electron chi connectivity index (χ2n) is 3.58. The van der Waals surface area contributed by atoms with E-state index in [0.717, 1.165) is 17.1 Å². The van der Waals surface area contributed by atoms with Gasteiger partial charge in [-0.2, -0.15) is 5.10 Å². The third kappa shape index (κ3) is 3.74. The van der Waals surface area contributed by atoms with E-state index in [-0.39, 0.29) is 6.79 Å². The molecule has 0 atom stereocenters. The van der Waals surface area contributed by atoms with Crippen molar-refractivity contribution in [3.05, 3.63) is 29.8 Å². The molecule has 1 aliphatic heterocycles. The number of allylic oxidation sites excluding steroid dienone is 1. The molecule has 0 radical (unpaired) electrons. The molecule has 6 nitrogen and oxygen atoms in total. The molecule has 1 aromatic carbocycles. The molecule has 0 aliphatic carbocycles. The highest BCUT2D eigenvalue weighted by Gasteiger charge is 2.11. The van der Waals surface area contributed by atoms with Crippen LogP contribution in [0.1, 0.15) is 12.5 Å². The van der Waals surface area contributed by atoms with Gasteiger partial charge >= 0.3 is 6.09 Å². The van der Waals surface area contributed by atoms with Crippen molar-refractivity contribution < 1.29 is 19.0 Å². The van der Waals surface area contributed by atoms with E-state index in [0.29, 0.717) is 6.61 Å². The van der Waals surface area contributed by atoms with E-state index in [2.05, 4.69) is 15.3 Å². The number of carbonyl (C=O) groups excluding carboxylic acids is 1. The lowest BCUT2D eigenvalue weighted by molar-refractivity contribution is 0.152. The lowest BCUT2D eigenvalue weighted by atomic mass is 10.2. The monoisotopic (exact) mass is 262 g/mol. The van der Waals surface area contributed by atoms with Gasteiger partial charge < -0.3 is 14.2 Å². The molecule has 1 heterocycles. The molecular formula is C13H14N2O4. The van der Waals surface area contributed by atoms with E-state index in [1.165, 1.54) is 6.21 Å². The summed E-state index contributed by atoms with van der Waals surface area (Å²) in [7, 11) is 0. The molecule has 1 aliphatic rings. The molecule has 2 rings (SSSR count). The minimum absolute atomic E-state index is 0.257. The Labute approximate surface area is 110 Å². The van der Waals surface area contributed by atoms with E-state index >= 15 is 0 Å². The molecule has 0 unspecified atom stereocenters. The standard InChI is InChI=1S/C13H14N2O4/c1-2-17-13(16)15-14-7-3-4-10-5-6-11-12(8-10)19-9-18-11/h3-8H,2,9H2,1H3,(H,15,16)/b4-3+,14-7?. The van der Waals surface area contributed by atoms with Crippen molar-refractivity contribution in [1.29, 1.82) is 0 Å². The second kappa shape index (κ2) is 6.44. The van der Waals surface area contributed by atoms with Gasteiger partial charge in [0.05, 0.1) is 6.61 Å². The van der Waals surface area contributed by atoms with Gasteiger partial charge in [-0.15, -0.1) is 0 Å². The molecule has 0 saturated heterocycles. The lowest BCUT2D eigenvalue weighted by Gasteiger charge is -1.97. The van der Waals surface area contributed by atoms with Gasteiger partial charge in [-0.05, 0) is 30.7 Å². The molecule has 1 N–H and O–H groups in total. The largest absolute Gasteiger partial charge is 0.454 e. The van der Waals surface area contributed by atoms with Crippen LogP contribution in [0.5, 0.6) is 11.5 Å². The summed E-state index contributed by atoms with van der Waals surface area (Å²) in [4.78, 5) is 10.9. The summed E-state index contributed by atoms with van der Waals surface area (Å²) in [5, 5.41) is 3.69. The van der Waals surface area contributed by atoms with E-state index in [1.807, 2.05) is 24.3 Å². The maximum atomic E-state index is 10.9. The maximum absolute atomic E-state index is 10.9. The van der Waals surface area contributed by atoms with Gasteiger partial charge in [-0.25, -0.2) is 10.2 Å². The molecule has 0 bridgehead atoms. The van der Waals surface area contributed by atoms with Gasteiger partial charge in [0.15, 0.2) is 11.5 Å². The Morgan fingerprint density at radius 3 is 3.16 bits per heavy atom. The van der Waals surface area contributed by atoms with Gasteiger partial charge in [-0.1, -0.05) is 12.1 Å². The predicted octanol–water partition coefficient (Wildman–Crippen LogP) is 2.16. The Kier molecular flexibility index (Phi) is 4.39. The van der Waals surface area contributed by atoms with Crippen molar-refractivity contribution >= 4 is 18.4 Å². The smallest absolute Gasteiger partial charge is 0.427 e. The number of amides is 1. The van der Waals surface area contributed by atoms with Crippen LogP contribution in [0.4, 0.5) is 4.79 Å². The van der Waals surface area contributed by atoms with Crippen LogP contribution in [0.25, 0.3) is 6.08 Å². The summed E-state index contributed by atoms with van der Waals surface area (Å²) in [6.07, 6.45) is 4.42. The van der Waals surface area contributed by atoms with Crippen molar-refractivity contribution in [3.63, 3.8) is 0 Å². The number of benzene rings is 1. The van der Waals surface area contributed by atoms with E-state index in [4.69, 9.17) is 9.47 Å². The Morgan fingerprint density at radius 2 is 2.32 bits per heavy atom. The summed E-state index contributed by atoms with van der Waals surface area (Å²) in [6, 6.07) is 5.61. The number of nitrogens with zero attached hydrogens (tertiary/aromatic N) is 1. The zero-order valence-corrected chi connectivity index (χ0v) is 10.5. The van der Waals surface area contributed by atoms with Gasteiger partial charge in [0, 0.05) is 6.21 Å². The molecule has 0 aromatic heterocycles. The third-order valence-electron chi connectivity index (χ3n) is 2.28. The second-order valence-corrected chi connectivity index (χ2v) is 3.58. The molecule has 100 valence electrons. The zero-order valence-electron chi connectivity index (χ0n) is 10.5. The van der Waals surface area contributed by atoms with Crippen LogP contribution in [-0.4, -0.2) is 25.7 Å². The van der Waals surface area contributed by atoms with Gasteiger partial charge in [0.2, 0.25) is 6.79 Å². The molecule has 0 spiro atoms. The summed E-state index contributed by atoms with van der Waals surface area (Å²) in [6.45, 7) is 2.30. The number of hydrogen-bond donors (Lipinski definition) is 1. The molecule has 19 heavy (non-hydrogen) atoms. The van der Waals surface area contributed by atoms with Crippen LogP contribution in [0.2, 0.25) is 0 Å². The lowest BCUT2D eigenvalue weighted by Crippen LogP contribution is -2.18. The minimum Gasteiger partial charge on any atom is -0.454 e. The first-order valence-corrected chi connectivity index (χ1v) is 5.81. The number of ether oxygens (including phenoxy) is 3. The number of rotatable bonds is 4. The quantitative estimate of drug-likeness (QED) is 0.667. The first-order valence-electron chi connectivity index (χ1n) is 5.81. The Balaban J connectivity index is 1.85. The van der Waals surface area contributed by atoms with Crippen molar-refractivity contribution in [2.24, 2.45) is 5.10 Å². The van der Waals surface area contributed by atoms with Gasteiger partial charge in [0.25, 0.3) is 0 Å². The third-order valence-corrected chi connectivity index (χ3v) is 2.28. The molecule has 1 aromatic rings. The minimum atomic E-state index is -0.574. The zero-order chi connectivity index (χ0) is 13.5. The van der Waals surface area contributed by atoms with Gasteiger partial charge in [-0.3, -0.25) is 0 Å². The fourth-order valence-electron chi connectivity index (χ4n) is 1.47. The van der Waals surface area contributed by atoms with Crippen LogP contribution >= 0.6 is 0 Å². The highest BCUT2D eigenvalue weighted by Crippen LogP contribution is 2.32. The number of carbonyl (C=O) groups is 1. The van der Waals surface area contributed by atoms with Crippen LogP contribution in [0.3, 0.4) is 0 Å². The SMILES string of the molecule is CCOC(=O)NN=C/C=C/c1ccc2c(c1)OCO2. The molecule has 0 saturated carbocycles. The van der Waals surface area contributed by atoms with Crippen LogP contribution < -0.4 is 14.9 Å². The highest BCUT2D eigenvalue weighted by atomic mass is 16.7. The average Bonchev–Trinajstić information content (AvgIpc) is 2.86. The van der Waals surface area contributed by atoms with Crippen LogP contribution in [0, 0.1) is 0 Å². The van der Waals surface area contributed by atoms with E-state index in [9.17, 15) is 4.79 Å². The summed E-state index contributed by atoms with van der Waals surface area (Å²) < 4.78 is 15.1. The fourth-order valence-corrected chi connectivity index (χ4v) is 1.47. The van der Waals surface area contributed by atoms with E-state index in [1.54, 1.807) is 13.0 Å². The highest BCUT2D eigenvalue weighted by molar-refractivity contribution is 5.79. The van der Waals surface area contributed by atoms with Crippen molar-refractivity contribution in [2.75, 3.05) is 13.4 Å². The summed E-state index contributed by atoms with van der Waals surface area (Å²) in [5.74, 6) is 1.47. The predicted molar refractivity (Wildman–Crippen MR) is 70.2 cm³/mol. The van der Waals surface area contributed by atoms with Crippen molar-refractivity contribution in [2.45, 2.75) is 6.92 Å². The van der Waals surface area contributed by atoms with Gasteiger partial charge in [0.1, 0.15) is 0 Å². The Bertz CT molecular complexity index is 511. The number of nitrogens with one attached hydrogen (secondary N) is 1. The summed E-state index contributed by atoms with van der Waals surface area (Å²) in [5.41, 5.74) is 3.17. The Morgan fingerprint density at radius 1 is 1.47 bits per heavy atom. The molecular weight excluding hydrogens is 248 g/mol. The average molecular weight is 262 g/mol. The fraction of sp³-hybridized carbons (Fsp3) is 0.231. The molecule has 0 fully saturated rings. The first kappa shape index (κ1) is 12.9. The number of hydrogen-bond acceptors (Lipinski definition) is 5. The maximum Gasteiger partial charge on any atom is 0.427 e. The van der Waals surface area contributed by atoms with Crippen LogP contribution in [0.15, 0.2) is 29.4 Å². The van der Waals surface area contributed by atoms with Crippen molar-refractivity contribution in [3.8, 4) is 11.5 Å². The topological polar surface area (TPSA) is 69.2 Å². The van der Waals surface area contributed by atoms with Crippen molar-refractivity contribution in [1.82, 2.24) is 5.43 Å². The number of hydrazone groups is 1. The normalized spacial score (nSPS) is 13.1. The first-order chi connectivity index (χ1) is 9.29. The molecule has 6 heteroatoms. The molecule has 1 amide bonds. The number of fused-ring (bicyclic) bond motifs is 1.